The average molecular weight is 271 g/mol. The Labute approximate surface area is 116 Å². The molecule has 0 aliphatic carbocycles. The molecule has 0 amide bonds. The zero-order valence-corrected chi connectivity index (χ0v) is 11.2. The van der Waals surface area contributed by atoms with Crippen LogP contribution in [0.5, 0.6) is 0 Å². The molecule has 2 rings (SSSR count). The standard InChI is InChI=1S/C15H15FN4/c1-9-2-5-13(18)14(16)12(9)4-3-10-6-11(7-17)15(19)20-8-10/h2,5,7-8,11,17H,6,18H2,1H3,(H2,19,20)/p+1. The van der Waals surface area contributed by atoms with Crippen LogP contribution in [-0.4, -0.2) is 12.1 Å². The number of quaternary nitrogens is 1. The Morgan fingerprint density at radius 1 is 1.50 bits per heavy atom. The first kappa shape index (κ1) is 14.0. The molecule has 0 saturated carbocycles. The molecule has 1 atom stereocenters. The lowest BCUT2D eigenvalue weighted by atomic mass is 9.97. The molecule has 0 radical (unpaired) electrons. The van der Waals surface area contributed by atoms with Crippen molar-refractivity contribution in [3.05, 3.63) is 40.8 Å². The van der Waals surface area contributed by atoms with Crippen LogP contribution < -0.4 is 11.5 Å². The van der Waals surface area contributed by atoms with Gasteiger partial charge in [-0.15, -0.1) is 0 Å². The molecule has 1 aliphatic rings. The highest BCUT2D eigenvalue weighted by Crippen LogP contribution is 2.18. The van der Waals surface area contributed by atoms with Crippen LogP contribution in [0.4, 0.5) is 10.1 Å². The number of benzene rings is 1. The molecule has 1 aromatic carbocycles. The largest absolute Gasteiger partial charge is 0.387 e. The Morgan fingerprint density at radius 3 is 2.95 bits per heavy atom. The van der Waals surface area contributed by atoms with E-state index in [1.54, 1.807) is 25.3 Å². The van der Waals surface area contributed by atoms with Crippen LogP contribution >= 0.6 is 0 Å². The van der Waals surface area contributed by atoms with Crippen LogP contribution in [0.2, 0.25) is 0 Å². The van der Waals surface area contributed by atoms with Gasteiger partial charge in [-0.05, 0) is 18.9 Å². The monoisotopic (exact) mass is 271 g/mol. The van der Waals surface area contributed by atoms with E-state index in [2.05, 4.69) is 22.6 Å². The van der Waals surface area contributed by atoms with Crippen LogP contribution in [0.3, 0.4) is 0 Å². The number of aliphatic imine (C=N–C) groups is 1. The van der Waals surface area contributed by atoms with Crippen molar-refractivity contribution in [3.63, 3.8) is 0 Å². The summed E-state index contributed by atoms with van der Waals surface area (Å²) in [5.74, 6) is 5.54. The third kappa shape index (κ3) is 2.76. The van der Waals surface area contributed by atoms with Gasteiger partial charge in [-0.3, -0.25) is 0 Å². The van der Waals surface area contributed by atoms with Gasteiger partial charge in [0.25, 0.3) is 0 Å². The molecule has 1 heterocycles. The summed E-state index contributed by atoms with van der Waals surface area (Å²) in [6.45, 7) is 1.80. The maximum Gasteiger partial charge on any atom is 0.199 e. The minimum Gasteiger partial charge on any atom is -0.387 e. The Balaban J connectivity index is 2.33. The molecule has 0 fully saturated rings. The van der Waals surface area contributed by atoms with Crippen molar-refractivity contribution >= 4 is 17.7 Å². The average Bonchev–Trinajstić information content (AvgIpc) is 2.44. The molecule has 5 heteroatoms. The van der Waals surface area contributed by atoms with E-state index in [-0.39, 0.29) is 11.7 Å². The van der Waals surface area contributed by atoms with Crippen molar-refractivity contribution in [3.8, 4) is 11.8 Å². The van der Waals surface area contributed by atoms with Gasteiger partial charge in [0.2, 0.25) is 0 Å². The predicted octanol–water partition coefficient (Wildman–Crippen LogP) is 1.27. The lowest BCUT2D eigenvalue weighted by Gasteiger charge is -2.13. The van der Waals surface area contributed by atoms with Crippen molar-refractivity contribution < 1.29 is 10.1 Å². The first-order valence-corrected chi connectivity index (χ1v) is 6.18. The molecule has 6 N–H and O–H groups in total. The fourth-order valence-electron chi connectivity index (χ4n) is 1.88. The summed E-state index contributed by atoms with van der Waals surface area (Å²) in [4.78, 5) is 4.01. The van der Waals surface area contributed by atoms with Gasteiger partial charge in [0, 0.05) is 24.1 Å². The van der Waals surface area contributed by atoms with E-state index >= 15 is 0 Å². The highest BCUT2D eigenvalue weighted by molar-refractivity contribution is 5.96. The molecule has 102 valence electrons. The van der Waals surface area contributed by atoms with Crippen molar-refractivity contribution in [2.24, 2.45) is 16.6 Å². The number of hydrogen-bond acceptors (Lipinski definition) is 3. The first-order valence-electron chi connectivity index (χ1n) is 6.18. The minimum absolute atomic E-state index is 0.227. The van der Waals surface area contributed by atoms with Gasteiger partial charge in [-0.25, -0.2) is 4.99 Å². The van der Waals surface area contributed by atoms with Gasteiger partial charge < -0.3 is 16.9 Å². The van der Waals surface area contributed by atoms with Crippen molar-refractivity contribution in [2.75, 3.05) is 0 Å². The summed E-state index contributed by atoms with van der Waals surface area (Å²) in [7, 11) is 0. The molecule has 1 aliphatic heterocycles. The lowest BCUT2D eigenvalue weighted by molar-refractivity contribution is -0.258. The molecule has 1 aromatic rings. The SMILES string of the molecule is Cc1ccc([NH3+])c(F)c1C#CC1=CN=C(N)C(C=N)C1. The first-order chi connectivity index (χ1) is 9.52. The molecular weight excluding hydrogens is 255 g/mol. The third-order valence-corrected chi connectivity index (χ3v) is 3.17. The fraction of sp³-hybridized carbons (Fsp3) is 0.200. The van der Waals surface area contributed by atoms with Crippen LogP contribution in [0, 0.1) is 35.9 Å². The van der Waals surface area contributed by atoms with Crippen molar-refractivity contribution in [1.82, 2.24) is 0 Å². The molecular formula is C15H16FN4+. The van der Waals surface area contributed by atoms with E-state index in [4.69, 9.17) is 11.1 Å². The number of amidine groups is 1. The lowest BCUT2D eigenvalue weighted by Crippen LogP contribution is -2.41. The quantitative estimate of drug-likeness (QED) is 0.521. The summed E-state index contributed by atoms with van der Waals surface area (Å²) in [6.07, 6.45) is 3.34. The zero-order chi connectivity index (χ0) is 14.7. The third-order valence-electron chi connectivity index (χ3n) is 3.17. The topological polar surface area (TPSA) is 89.9 Å². The van der Waals surface area contributed by atoms with Gasteiger partial charge in [0.05, 0.1) is 11.5 Å². The molecule has 1 unspecified atom stereocenters. The van der Waals surface area contributed by atoms with E-state index in [0.717, 1.165) is 11.1 Å². The van der Waals surface area contributed by atoms with E-state index < -0.39 is 0 Å². The highest BCUT2D eigenvalue weighted by atomic mass is 19.1. The van der Waals surface area contributed by atoms with Gasteiger partial charge in [0.15, 0.2) is 11.5 Å². The van der Waals surface area contributed by atoms with Crippen LogP contribution in [0.25, 0.3) is 0 Å². The number of rotatable bonds is 1. The Bertz CT molecular complexity index is 677. The second-order valence-corrected chi connectivity index (χ2v) is 4.67. The second kappa shape index (κ2) is 5.68. The Hall–Kier alpha value is -2.45. The molecule has 0 saturated heterocycles. The molecule has 0 aromatic heterocycles. The number of hydrogen-bond donors (Lipinski definition) is 3. The van der Waals surface area contributed by atoms with Gasteiger partial charge in [-0.1, -0.05) is 17.9 Å². The number of nitrogens with zero attached hydrogens (tertiary/aromatic N) is 1. The van der Waals surface area contributed by atoms with E-state index in [0.29, 0.717) is 23.5 Å². The molecule has 0 bridgehead atoms. The summed E-state index contributed by atoms with van der Waals surface area (Å²) < 4.78 is 14.0. The maximum atomic E-state index is 14.0. The smallest absolute Gasteiger partial charge is 0.199 e. The van der Waals surface area contributed by atoms with E-state index in [9.17, 15) is 4.39 Å². The van der Waals surface area contributed by atoms with E-state index in [1.807, 2.05) is 0 Å². The van der Waals surface area contributed by atoms with Crippen LogP contribution in [0.15, 0.2) is 28.9 Å². The van der Waals surface area contributed by atoms with E-state index in [1.165, 1.54) is 6.21 Å². The van der Waals surface area contributed by atoms with Crippen LogP contribution in [0.1, 0.15) is 17.5 Å². The second-order valence-electron chi connectivity index (χ2n) is 4.67. The highest BCUT2D eigenvalue weighted by Gasteiger charge is 2.15. The van der Waals surface area contributed by atoms with Crippen LogP contribution in [-0.2, 0) is 0 Å². The van der Waals surface area contributed by atoms with Crippen molar-refractivity contribution in [1.29, 1.82) is 5.41 Å². The fourth-order valence-corrected chi connectivity index (χ4v) is 1.88. The molecule has 20 heavy (non-hydrogen) atoms. The predicted molar refractivity (Wildman–Crippen MR) is 77.2 cm³/mol. The van der Waals surface area contributed by atoms with Gasteiger partial charge >= 0.3 is 0 Å². The number of nitrogens with one attached hydrogen (secondary N) is 1. The van der Waals surface area contributed by atoms with Gasteiger partial charge in [0.1, 0.15) is 5.84 Å². The normalized spacial score (nSPS) is 17.6. The molecule has 0 spiro atoms. The number of halogens is 1. The number of aryl methyl sites for hydroxylation is 1. The summed E-state index contributed by atoms with van der Waals surface area (Å²) in [6, 6.07) is 3.42. The summed E-state index contributed by atoms with van der Waals surface area (Å²) in [5, 5.41) is 7.28. The van der Waals surface area contributed by atoms with Crippen molar-refractivity contribution in [2.45, 2.75) is 13.3 Å². The number of nitrogens with two attached hydrogens (primary N) is 1. The Kier molecular flexibility index (Phi) is 3.97. The summed E-state index contributed by atoms with van der Waals surface area (Å²) >= 11 is 0. The summed E-state index contributed by atoms with van der Waals surface area (Å²) in [5.41, 5.74) is 11.5. The number of allylic oxidation sites excluding steroid dienone is 1. The molecule has 4 nitrogen and oxygen atoms in total. The maximum absolute atomic E-state index is 14.0. The Morgan fingerprint density at radius 2 is 2.25 bits per heavy atom. The minimum atomic E-state index is -0.388. The van der Waals surface area contributed by atoms with Gasteiger partial charge in [-0.2, -0.15) is 4.39 Å². The zero-order valence-electron chi connectivity index (χ0n) is 11.2.